The van der Waals surface area contributed by atoms with Crippen LogP contribution in [0.5, 0.6) is 5.75 Å². The minimum atomic E-state index is -1.19. The molecule has 0 amide bonds. The van der Waals surface area contributed by atoms with Gasteiger partial charge >= 0.3 is 0 Å². The molecule has 3 nitrogen and oxygen atoms in total. The highest BCUT2D eigenvalue weighted by atomic mass is 28.3. The van der Waals surface area contributed by atoms with Crippen molar-refractivity contribution < 1.29 is 9.16 Å². The van der Waals surface area contributed by atoms with Crippen molar-refractivity contribution >= 4 is 9.04 Å². The van der Waals surface area contributed by atoms with E-state index < -0.39 is 9.04 Å². The van der Waals surface area contributed by atoms with Crippen molar-refractivity contribution in [2.75, 3.05) is 26.7 Å². The summed E-state index contributed by atoms with van der Waals surface area (Å²) in [4.78, 5) is 2.77. The molecule has 2 fully saturated rings. The van der Waals surface area contributed by atoms with Gasteiger partial charge < -0.3 is 14.1 Å². The van der Waals surface area contributed by atoms with Gasteiger partial charge in [-0.05, 0) is 80.5 Å². The molecule has 2 aromatic rings. The first-order valence-electron chi connectivity index (χ1n) is 13.8. The Bertz CT molecular complexity index is 921. The first kappa shape index (κ1) is 26.4. The van der Waals surface area contributed by atoms with Gasteiger partial charge in [-0.3, -0.25) is 0 Å². The number of hydrogen-bond donors (Lipinski definition) is 0. The Morgan fingerprint density at radius 2 is 1.46 bits per heavy atom. The Morgan fingerprint density at radius 3 is 1.97 bits per heavy atom. The molecule has 4 rings (SSSR count). The lowest BCUT2D eigenvalue weighted by Crippen LogP contribution is -2.56. The molecule has 1 atom stereocenters. The predicted molar refractivity (Wildman–Crippen MR) is 150 cm³/mol. The van der Waals surface area contributed by atoms with E-state index in [0.717, 1.165) is 18.8 Å². The number of hydrogen-bond acceptors (Lipinski definition) is 3. The third-order valence-corrected chi connectivity index (χ3v) is 9.40. The summed E-state index contributed by atoms with van der Waals surface area (Å²) in [6.07, 6.45) is 7.85. The van der Waals surface area contributed by atoms with Crippen LogP contribution in [0.15, 0.2) is 54.6 Å². The SMILES string of the molecule is COc1ccc(C2(CN3CCC(c4ccccc4)(C(O[SiH](C)C)C(C)(C)C)CC3)CCCC2)cc1. The number of piperidine rings is 1. The van der Waals surface area contributed by atoms with Gasteiger partial charge in [-0.1, -0.05) is 76.1 Å². The van der Waals surface area contributed by atoms with Crippen molar-refractivity contribution in [2.24, 2.45) is 5.41 Å². The fourth-order valence-corrected chi connectivity index (χ4v) is 8.19. The first-order valence-corrected chi connectivity index (χ1v) is 16.5. The molecule has 1 saturated heterocycles. The van der Waals surface area contributed by atoms with Gasteiger partial charge in [0.25, 0.3) is 0 Å². The third-order valence-electron chi connectivity index (χ3n) is 8.58. The van der Waals surface area contributed by atoms with Crippen molar-refractivity contribution in [2.45, 2.75) is 89.3 Å². The molecule has 2 aromatic carbocycles. The Kier molecular flexibility index (Phi) is 8.14. The predicted octanol–water partition coefficient (Wildman–Crippen LogP) is 6.96. The molecular formula is C31H47NO2Si. The van der Waals surface area contributed by atoms with E-state index in [0.29, 0.717) is 0 Å². The third kappa shape index (κ3) is 5.70. The molecule has 0 bridgehead atoms. The van der Waals surface area contributed by atoms with E-state index in [4.69, 9.17) is 9.16 Å². The van der Waals surface area contributed by atoms with Crippen LogP contribution in [0.1, 0.15) is 70.4 Å². The van der Waals surface area contributed by atoms with Crippen LogP contribution in [0.2, 0.25) is 13.1 Å². The van der Waals surface area contributed by atoms with Crippen LogP contribution < -0.4 is 4.74 Å². The van der Waals surface area contributed by atoms with E-state index in [2.05, 4.69) is 93.4 Å². The monoisotopic (exact) mass is 493 g/mol. The maximum absolute atomic E-state index is 6.90. The van der Waals surface area contributed by atoms with Crippen LogP contribution in [0.3, 0.4) is 0 Å². The summed E-state index contributed by atoms with van der Waals surface area (Å²) in [5.74, 6) is 0.953. The molecule has 1 aliphatic carbocycles. The molecule has 0 N–H and O–H groups in total. The molecule has 2 aliphatic rings. The van der Waals surface area contributed by atoms with E-state index in [-0.39, 0.29) is 22.3 Å². The van der Waals surface area contributed by atoms with Crippen LogP contribution in [-0.2, 0) is 15.3 Å². The van der Waals surface area contributed by atoms with Gasteiger partial charge in [0.05, 0.1) is 13.2 Å². The van der Waals surface area contributed by atoms with Crippen LogP contribution in [0, 0.1) is 5.41 Å². The van der Waals surface area contributed by atoms with Crippen LogP contribution in [0.25, 0.3) is 0 Å². The maximum Gasteiger partial charge on any atom is 0.171 e. The molecule has 1 unspecified atom stereocenters. The van der Waals surface area contributed by atoms with Crippen molar-refractivity contribution in [3.05, 3.63) is 65.7 Å². The number of benzene rings is 2. The average molecular weight is 494 g/mol. The Hall–Kier alpha value is -1.62. The Morgan fingerprint density at radius 1 is 0.857 bits per heavy atom. The first-order chi connectivity index (χ1) is 16.7. The lowest BCUT2D eigenvalue weighted by Gasteiger charge is -2.52. The summed E-state index contributed by atoms with van der Waals surface area (Å²) >= 11 is 0. The standard InChI is InChI=1S/C31H47NO2Si/c1-29(2,3)28(34-35(5)6)31(26-12-8-7-9-13-26)20-22-32(23-21-31)24-30(18-10-11-19-30)25-14-16-27(33-4)17-15-25/h7-9,12-17,28,35H,10-11,18-24H2,1-6H3. The highest BCUT2D eigenvalue weighted by Gasteiger charge is 2.49. The van der Waals surface area contributed by atoms with Crippen molar-refractivity contribution in [3.8, 4) is 5.75 Å². The molecule has 0 aromatic heterocycles. The van der Waals surface area contributed by atoms with E-state index in [1.165, 1.54) is 56.2 Å². The van der Waals surface area contributed by atoms with E-state index in [9.17, 15) is 0 Å². The van der Waals surface area contributed by atoms with E-state index in [1.54, 1.807) is 7.11 Å². The average Bonchev–Trinajstić information content (AvgIpc) is 3.33. The van der Waals surface area contributed by atoms with Gasteiger partial charge in [-0.25, -0.2) is 0 Å². The second kappa shape index (κ2) is 10.8. The van der Waals surface area contributed by atoms with Gasteiger partial charge in [0.1, 0.15) is 5.75 Å². The quantitative estimate of drug-likeness (QED) is 0.371. The van der Waals surface area contributed by atoms with Gasteiger partial charge in [-0.2, -0.15) is 0 Å². The summed E-state index contributed by atoms with van der Waals surface area (Å²) in [7, 11) is 0.563. The summed E-state index contributed by atoms with van der Waals surface area (Å²) < 4.78 is 12.3. The minimum absolute atomic E-state index is 0.0796. The molecule has 192 valence electrons. The largest absolute Gasteiger partial charge is 0.497 e. The number of ether oxygens (including phenoxy) is 1. The van der Waals surface area contributed by atoms with E-state index in [1.807, 2.05) is 0 Å². The highest BCUT2D eigenvalue weighted by molar-refractivity contribution is 6.48. The fourth-order valence-electron chi connectivity index (χ4n) is 6.98. The van der Waals surface area contributed by atoms with Crippen molar-refractivity contribution in [1.82, 2.24) is 4.90 Å². The summed E-state index contributed by atoms with van der Waals surface area (Å²) in [5.41, 5.74) is 3.43. The van der Waals surface area contributed by atoms with Gasteiger partial charge in [-0.15, -0.1) is 0 Å². The summed E-state index contributed by atoms with van der Waals surface area (Å²) in [5, 5.41) is 0. The molecule has 0 spiro atoms. The van der Waals surface area contributed by atoms with Crippen molar-refractivity contribution in [3.63, 3.8) is 0 Å². The lowest BCUT2D eigenvalue weighted by atomic mass is 9.62. The van der Waals surface area contributed by atoms with Crippen LogP contribution in [0.4, 0.5) is 0 Å². The number of nitrogens with zero attached hydrogens (tertiary/aromatic N) is 1. The van der Waals surface area contributed by atoms with Crippen LogP contribution >= 0.6 is 0 Å². The molecule has 1 heterocycles. The van der Waals surface area contributed by atoms with Gasteiger partial charge in [0.2, 0.25) is 0 Å². The topological polar surface area (TPSA) is 21.7 Å². The number of likely N-dealkylation sites (tertiary alicyclic amines) is 1. The zero-order valence-corrected chi connectivity index (χ0v) is 24.1. The molecule has 1 aliphatic heterocycles. The molecule has 0 radical (unpaired) electrons. The fraction of sp³-hybridized carbons (Fsp3) is 0.613. The smallest absolute Gasteiger partial charge is 0.171 e. The maximum atomic E-state index is 6.90. The summed E-state index contributed by atoms with van der Waals surface area (Å²) in [6.45, 7) is 15.2. The zero-order chi connectivity index (χ0) is 25.1. The highest BCUT2D eigenvalue weighted by Crippen LogP contribution is 2.48. The van der Waals surface area contributed by atoms with Gasteiger partial charge in [0.15, 0.2) is 9.04 Å². The number of methoxy groups -OCH3 is 1. The number of rotatable bonds is 8. The lowest BCUT2D eigenvalue weighted by molar-refractivity contribution is -0.0228. The molecule has 35 heavy (non-hydrogen) atoms. The second-order valence-electron chi connectivity index (χ2n) is 12.4. The minimum Gasteiger partial charge on any atom is -0.497 e. The summed E-state index contributed by atoms with van der Waals surface area (Å²) in [6, 6.07) is 20.2. The van der Waals surface area contributed by atoms with E-state index >= 15 is 0 Å². The normalized spacial score (nSPS) is 21.2. The van der Waals surface area contributed by atoms with Crippen molar-refractivity contribution in [1.29, 1.82) is 0 Å². The molecule has 1 saturated carbocycles. The zero-order valence-electron chi connectivity index (χ0n) is 23.0. The second-order valence-corrected chi connectivity index (χ2v) is 14.8. The molecular weight excluding hydrogens is 446 g/mol. The van der Waals surface area contributed by atoms with Crippen LogP contribution in [-0.4, -0.2) is 46.8 Å². The Balaban J connectivity index is 1.58. The molecule has 4 heteroatoms. The Labute approximate surface area is 215 Å². The van der Waals surface area contributed by atoms with Gasteiger partial charge in [0, 0.05) is 17.4 Å².